The Balaban J connectivity index is 1.70. The van der Waals surface area contributed by atoms with Crippen LogP contribution >= 0.6 is 12.6 Å². The fourth-order valence-corrected chi connectivity index (χ4v) is 2.73. The topological polar surface area (TPSA) is 12.5 Å². The van der Waals surface area contributed by atoms with Gasteiger partial charge in [-0.15, -0.1) is 0 Å². The SMILES string of the molecule is CN(CC1CCCO1)CC1(CS)CC1. The Hall–Kier alpha value is 0.270. The van der Waals surface area contributed by atoms with E-state index in [9.17, 15) is 0 Å². The lowest BCUT2D eigenvalue weighted by Crippen LogP contribution is -2.34. The van der Waals surface area contributed by atoms with Crippen LogP contribution in [0, 0.1) is 5.41 Å². The van der Waals surface area contributed by atoms with Gasteiger partial charge < -0.3 is 9.64 Å². The van der Waals surface area contributed by atoms with Gasteiger partial charge in [-0.25, -0.2) is 0 Å². The van der Waals surface area contributed by atoms with Crippen molar-refractivity contribution < 1.29 is 4.74 Å². The highest BCUT2D eigenvalue weighted by molar-refractivity contribution is 7.80. The predicted octanol–water partition coefficient (Wildman–Crippen LogP) is 1.81. The van der Waals surface area contributed by atoms with Crippen molar-refractivity contribution in [2.24, 2.45) is 5.41 Å². The van der Waals surface area contributed by atoms with Crippen LogP contribution in [0.5, 0.6) is 0 Å². The number of hydrogen-bond donors (Lipinski definition) is 1. The maximum absolute atomic E-state index is 5.63. The molecule has 0 aromatic heterocycles. The van der Waals surface area contributed by atoms with Crippen LogP contribution in [0.25, 0.3) is 0 Å². The van der Waals surface area contributed by atoms with Crippen LogP contribution in [0.4, 0.5) is 0 Å². The van der Waals surface area contributed by atoms with Gasteiger partial charge in [0.25, 0.3) is 0 Å². The third kappa shape index (κ3) is 2.65. The molecular weight excluding hydrogens is 194 g/mol. The minimum Gasteiger partial charge on any atom is -0.377 e. The fourth-order valence-electron chi connectivity index (χ4n) is 2.32. The summed E-state index contributed by atoms with van der Waals surface area (Å²) in [5.74, 6) is 1.04. The molecule has 2 rings (SSSR count). The molecule has 0 radical (unpaired) electrons. The highest BCUT2D eigenvalue weighted by Gasteiger charge is 2.42. The van der Waals surface area contributed by atoms with Crippen LogP contribution in [-0.2, 0) is 4.74 Å². The zero-order valence-corrected chi connectivity index (χ0v) is 9.93. The van der Waals surface area contributed by atoms with Crippen molar-refractivity contribution in [3.05, 3.63) is 0 Å². The number of rotatable bonds is 5. The number of thiol groups is 1. The summed E-state index contributed by atoms with van der Waals surface area (Å²) in [6.45, 7) is 3.28. The van der Waals surface area contributed by atoms with Gasteiger partial charge in [0.15, 0.2) is 0 Å². The van der Waals surface area contributed by atoms with Gasteiger partial charge in [0, 0.05) is 19.7 Å². The van der Waals surface area contributed by atoms with E-state index in [0.717, 1.165) is 18.9 Å². The molecule has 1 atom stereocenters. The molecular formula is C11H21NOS. The van der Waals surface area contributed by atoms with E-state index in [2.05, 4.69) is 24.6 Å². The average molecular weight is 215 g/mol. The van der Waals surface area contributed by atoms with Crippen LogP contribution in [0.1, 0.15) is 25.7 Å². The Morgan fingerprint density at radius 2 is 2.29 bits per heavy atom. The minimum atomic E-state index is 0.496. The molecule has 0 spiro atoms. The lowest BCUT2D eigenvalue weighted by atomic mass is 10.1. The van der Waals surface area contributed by atoms with Crippen LogP contribution in [-0.4, -0.2) is 43.5 Å². The van der Waals surface area contributed by atoms with Crippen LogP contribution in [0.3, 0.4) is 0 Å². The molecule has 1 aliphatic heterocycles. The van der Waals surface area contributed by atoms with Crippen LogP contribution < -0.4 is 0 Å². The minimum absolute atomic E-state index is 0.496. The van der Waals surface area contributed by atoms with E-state index in [1.807, 2.05) is 0 Å². The maximum atomic E-state index is 5.63. The van der Waals surface area contributed by atoms with Crippen molar-refractivity contribution in [3.63, 3.8) is 0 Å². The molecule has 0 aromatic rings. The average Bonchev–Trinajstić information content (AvgIpc) is 2.74. The first-order valence-corrected chi connectivity index (χ1v) is 6.28. The van der Waals surface area contributed by atoms with Gasteiger partial charge in [0.2, 0.25) is 0 Å². The first kappa shape index (κ1) is 10.8. The van der Waals surface area contributed by atoms with E-state index in [1.54, 1.807) is 0 Å². The highest BCUT2D eigenvalue weighted by Crippen LogP contribution is 2.46. The van der Waals surface area contributed by atoms with Gasteiger partial charge in [-0.2, -0.15) is 12.6 Å². The van der Waals surface area contributed by atoms with E-state index in [0.29, 0.717) is 11.5 Å². The van der Waals surface area contributed by atoms with Crippen molar-refractivity contribution in [1.82, 2.24) is 4.90 Å². The lowest BCUT2D eigenvalue weighted by molar-refractivity contribution is 0.0764. The van der Waals surface area contributed by atoms with Crippen LogP contribution in [0.2, 0.25) is 0 Å². The normalized spacial score (nSPS) is 29.8. The summed E-state index contributed by atoms with van der Waals surface area (Å²) in [5.41, 5.74) is 0.552. The Bertz CT molecular complexity index is 188. The van der Waals surface area contributed by atoms with Gasteiger partial charge in [-0.3, -0.25) is 0 Å². The highest BCUT2D eigenvalue weighted by atomic mass is 32.1. The molecule has 0 N–H and O–H groups in total. The number of ether oxygens (including phenoxy) is 1. The van der Waals surface area contributed by atoms with E-state index in [4.69, 9.17) is 4.74 Å². The van der Waals surface area contributed by atoms with Gasteiger partial charge in [0.1, 0.15) is 0 Å². The summed E-state index contributed by atoms with van der Waals surface area (Å²) in [6.07, 6.45) is 5.73. The second-order valence-corrected chi connectivity index (χ2v) is 5.31. The van der Waals surface area contributed by atoms with E-state index in [-0.39, 0.29) is 0 Å². The summed E-state index contributed by atoms with van der Waals surface area (Å²) in [5, 5.41) is 0. The van der Waals surface area contributed by atoms with E-state index < -0.39 is 0 Å². The standard InChI is InChI=1S/C11H21NOS/c1-12(7-10-3-2-6-13-10)8-11(9-14)4-5-11/h10,14H,2-9H2,1H3. The molecule has 2 fully saturated rings. The molecule has 14 heavy (non-hydrogen) atoms. The Labute approximate surface area is 92.4 Å². The van der Waals surface area contributed by atoms with Crippen molar-refractivity contribution in [2.45, 2.75) is 31.8 Å². The van der Waals surface area contributed by atoms with Crippen molar-refractivity contribution >= 4 is 12.6 Å². The molecule has 1 saturated heterocycles. The molecule has 1 aliphatic carbocycles. The molecule has 1 saturated carbocycles. The third-order valence-electron chi connectivity index (χ3n) is 3.44. The first-order chi connectivity index (χ1) is 6.74. The molecule has 0 aromatic carbocycles. The quantitative estimate of drug-likeness (QED) is 0.702. The molecule has 2 nitrogen and oxygen atoms in total. The number of hydrogen-bond acceptors (Lipinski definition) is 3. The zero-order chi connectivity index (χ0) is 10.0. The summed E-state index contributed by atoms with van der Waals surface area (Å²) in [6, 6.07) is 0. The Kier molecular flexibility index (Phi) is 3.40. The molecule has 82 valence electrons. The van der Waals surface area contributed by atoms with E-state index in [1.165, 1.54) is 32.2 Å². The predicted molar refractivity (Wildman–Crippen MR) is 62.0 cm³/mol. The fraction of sp³-hybridized carbons (Fsp3) is 1.00. The smallest absolute Gasteiger partial charge is 0.0702 e. The number of nitrogens with zero attached hydrogens (tertiary/aromatic N) is 1. The summed E-state index contributed by atoms with van der Waals surface area (Å²) in [4.78, 5) is 2.43. The lowest BCUT2D eigenvalue weighted by Gasteiger charge is -2.24. The van der Waals surface area contributed by atoms with Crippen LogP contribution in [0.15, 0.2) is 0 Å². The van der Waals surface area contributed by atoms with Gasteiger partial charge in [-0.05, 0) is 43.9 Å². The molecule has 2 aliphatic rings. The van der Waals surface area contributed by atoms with Crippen molar-refractivity contribution in [3.8, 4) is 0 Å². The summed E-state index contributed by atoms with van der Waals surface area (Å²) < 4.78 is 5.63. The maximum Gasteiger partial charge on any atom is 0.0702 e. The van der Waals surface area contributed by atoms with Gasteiger partial charge in [0.05, 0.1) is 6.10 Å². The second kappa shape index (κ2) is 4.42. The zero-order valence-electron chi connectivity index (χ0n) is 9.04. The monoisotopic (exact) mass is 215 g/mol. The van der Waals surface area contributed by atoms with E-state index >= 15 is 0 Å². The molecule has 1 unspecified atom stereocenters. The second-order valence-electron chi connectivity index (χ2n) is 4.99. The summed E-state index contributed by atoms with van der Waals surface area (Å²) >= 11 is 4.43. The molecule has 1 heterocycles. The van der Waals surface area contributed by atoms with Crippen molar-refractivity contribution in [2.75, 3.05) is 32.5 Å². The van der Waals surface area contributed by atoms with Crippen molar-refractivity contribution in [1.29, 1.82) is 0 Å². The van der Waals surface area contributed by atoms with Gasteiger partial charge in [-0.1, -0.05) is 0 Å². The summed E-state index contributed by atoms with van der Waals surface area (Å²) in [7, 11) is 2.21. The Morgan fingerprint density at radius 1 is 1.50 bits per heavy atom. The molecule has 0 bridgehead atoms. The first-order valence-electron chi connectivity index (χ1n) is 5.65. The Morgan fingerprint density at radius 3 is 2.79 bits per heavy atom. The molecule has 3 heteroatoms. The third-order valence-corrected chi connectivity index (χ3v) is 4.11. The van der Waals surface area contributed by atoms with Gasteiger partial charge >= 0.3 is 0 Å². The molecule has 0 amide bonds. The largest absolute Gasteiger partial charge is 0.377 e. The number of likely N-dealkylation sites (N-methyl/N-ethyl adjacent to an activating group) is 1.